The molecule has 1 heterocycles. The van der Waals surface area contributed by atoms with Crippen LogP contribution in [-0.2, 0) is 19.2 Å². The second kappa shape index (κ2) is 11.3. The largest absolute Gasteiger partial charge is 0.481 e. The van der Waals surface area contributed by atoms with Crippen molar-refractivity contribution >= 4 is 23.8 Å². The topological polar surface area (TPSA) is 155 Å². The highest BCUT2D eigenvalue weighted by Crippen LogP contribution is 2.39. The molecule has 1 fully saturated rings. The molecule has 1 saturated heterocycles. The summed E-state index contributed by atoms with van der Waals surface area (Å²) in [6.45, 7) is 4.17. The van der Waals surface area contributed by atoms with Crippen LogP contribution < -0.4 is 5.73 Å². The van der Waals surface area contributed by atoms with Crippen molar-refractivity contribution in [2.75, 3.05) is 19.6 Å². The average Bonchev–Trinajstić information content (AvgIpc) is 2.83. The Kier molecular flexibility index (Phi) is 9.72. The van der Waals surface area contributed by atoms with E-state index in [1.54, 1.807) is 0 Å². The van der Waals surface area contributed by atoms with E-state index in [-0.39, 0.29) is 35.2 Å². The van der Waals surface area contributed by atoms with Gasteiger partial charge in [0.25, 0.3) is 0 Å². The van der Waals surface area contributed by atoms with Gasteiger partial charge in [0.1, 0.15) is 0 Å². The Morgan fingerprint density at radius 2 is 1.66 bits per heavy atom. The third-order valence-corrected chi connectivity index (χ3v) is 5.76. The number of unbranched alkanes of at least 4 members (excludes halogenated alkanes) is 3. The zero-order chi connectivity index (χ0) is 22.2. The molecule has 0 aromatic rings. The number of nitrogens with zero attached hydrogens (tertiary/aromatic N) is 1. The number of amides is 1. The van der Waals surface area contributed by atoms with E-state index in [2.05, 4.69) is 0 Å². The smallest absolute Gasteiger partial charge is 0.359 e. The summed E-state index contributed by atoms with van der Waals surface area (Å²) in [4.78, 5) is 47.8. The number of carboxylic acids is 3. The summed E-state index contributed by atoms with van der Waals surface area (Å²) in [7, 11) is 0. The molecule has 0 aromatic carbocycles. The van der Waals surface area contributed by atoms with Crippen LogP contribution in [0.15, 0.2) is 0 Å². The number of hydrogen-bond donors (Lipinski definition) is 4. The molecule has 0 spiro atoms. The van der Waals surface area contributed by atoms with E-state index < -0.39 is 36.4 Å². The van der Waals surface area contributed by atoms with Crippen molar-refractivity contribution in [3.05, 3.63) is 0 Å². The second-order valence-electron chi connectivity index (χ2n) is 8.54. The maximum absolute atomic E-state index is 13.3. The minimum atomic E-state index is -1.66. The molecule has 5 N–H and O–H groups in total. The molecular formula is C20H35N2O7+. The Labute approximate surface area is 171 Å². The molecule has 1 aliphatic rings. The summed E-state index contributed by atoms with van der Waals surface area (Å²) in [5.41, 5.74) is 5.49. The fraction of sp³-hybridized carbons (Fsp3) is 0.800. The maximum Gasteiger partial charge on any atom is 0.359 e. The Morgan fingerprint density at radius 3 is 2.14 bits per heavy atom. The first kappa shape index (κ1) is 25.0. The number of carbonyl (C=O) groups excluding carboxylic acids is 1. The summed E-state index contributed by atoms with van der Waals surface area (Å²) in [5.74, 6) is -6.30. The van der Waals surface area contributed by atoms with E-state index in [4.69, 9.17) is 5.73 Å². The maximum atomic E-state index is 13.3. The molecule has 0 radical (unpaired) electrons. The van der Waals surface area contributed by atoms with Crippen molar-refractivity contribution in [3.63, 3.8) is 0 Å². The molecule has 29 heavy (non-hydrogen) atoms. The van der Waals surface area contributed by atoms with E-state index in [0.717, 1.165) is 25.7 Å². The summed E-state index contributed by atoms with van der Waals surface area (Å²) in [6.07, 6.45) is 4.27. The highest BCUT2D eigenvalue weighted by molar-refractivity contribution is 5.93. The molecule has 166 valence electrons. The molecule has 0 aromatic heterocycles. The summed E-state index contributed by atoms with van der Waals surface area (Å²) in [5, 5.41) is 28.1. The normalized spacial score (nSPS) is 24.4. The van der Waals surface area contributed by atoms with Crippen LogP contribution in [0.4, 0.5) is 0 Å². The van der Waals surface area contributed by atoms with Gasteiger partial charge in [-0.25, -0.2) is 14.1 Å². The predicted molar refractivity (Wildman–Crippen MR) is 105 cm³/mol. The van der Waals surface area contributed by atoms with Gasteiger partial charge in [-0.2, -0.15) is 0 Å². The molecular weight excluding hydrogens is 380 g/mol. The summed E-state index contributed by atoms with van der Waals surface area (Å²) >= 11 is 0. The molecule has 1 amide bonds. The van der Waals surface area contributed by atoms with E-state index in [1.165, 1.54) is 0 Å². The highest BCUT2D eigenvalue weighted by atomic mass is 16.4. The van der Waals surface area contributed by atoms with E-state index >= 15 is 0 Å². The zero-order valence-electron chi connectivity index (χ0n) is 17.4. The molecule has 1 rings (SSSR count). The lowest BCUT2D eigenvalue weighted by atomic mass is 9.92. The van der Waals surface area contributed by atoms with Gasteiger partial charge in [-0.3, -0.25) is 9.59 Å². The Morgan fingerprint density at radius 1 is 1.07 bits per heavy atom. The molecule has 1 aliphatic heterocycles. The van der Waals surface area contributed by atoms with Crippen molar-refractivity contribution in [2.24, 2.45) is 23.5 Å². The molecule has 0 aliphatic carbocycles. The van der Waals surface area contributed by atoms with Crippen LogP contribution in [0.2, 0.25) is 0 Å². The highest BCUT2D eigenvalue weighted by Gasteiger charge is 2.57. The Balaban J connectivity index is 3.13. The van der Waals surface area contributed by atoms with Crippen LogP contribution in [-0.4, -0.2) is 69.3 Å². The van der Waals surface area contributed by atoms with Gasteiger partial charge < -0.3 is 21.1 Å². The van der Waals surface area contributed by atoms with Gasteiger partial charge in [0.05, 0.1) is 18.5 Å². The standard InChI is InChI=1S/C20H34N2O7/c1-13(2)11-22(12-17(23)24)15(10-16(19(26)27)20(28)29)9-14(18(22)25)7-5-3-4-6-8-21/h13-16H,3-12,21H2,1-2H3,(H2-,23,24,26,27,28,29)/p+1/t14-,15+,22?/m1/s1. The first-order valence-electron chi connectivity index (χ1n) is 10.3. The number of quaternary nitrogens is 1. The lowest BCUT2D eigenvalue weighted by Gasteiger charge is -2.38. The number of carboxylic acid groups (broad SMARTS) is 3. The van der Waals surface area contributed by atoms with Crippen molar-refractivity contribution in [3.8, 4) is 0 Å². The van der Waals surface area contributed by atoms with Crippen LogP contribution in [0.5, 0.6) is 0 Å². The van der Waals surface area contributed by atoms with Gasteiger partial charge in [-0.15, -0.1) is 0 Å². The van der Waals surface area contributed by atoms with Crippen molar-refractivity contribution in [2.45, 2.75) is 64.8 Å². The number of carbonyl (C=O) groups is 4. The van der Waals surface area contributed by atoms with E-state index in [0.29, 0.717) is 19.4 Å². The van der Waals surface area contributed by atoms with Crippen LogP contribution in [0.3, 0.4) is 0 Å². The quantitative estimate of drug-likeness (QED) is 0.189. The Bertz CT molecular complexity index is 594. The van der Waals surface area contributed by atoms with Gasteiger partial charge in [0, 0.05) is 18.8 Å². The predicted octanol–water partition coefficient (Wildman–Crippen LogP) is 1.54. The fourth-order valence-corrected chi connectivity index (χ4v) is 4.59. The van der Waals surface area contributed by atoms with Gasteiger partial charge in [-0.1, -0.05) is 33.1 Å². The molecule has 1 unspecified atom stereocenters. The molecule has 0 bridgehead atoms. The summed E-state index contributed by atoms with van der Waals surface area (Å²) in [6, 6.07) is -0.632. The number of likely N-dealkylation sites (tertiary alicyclic amines) is 1. The summed E-state index contributed by atoms with van der Waals surface area (Å²) < 4.78 is -0.364. The van der Waals surface area contributed by atoms with Crippen molar-refractivity contribution in [1.29, 1.82) is 0 Å². The third kappa shape index (κ3) is 6.78. The lowest BCUT2D eigenvalue weighted by molar-refractivity contribution is -0.868. The minimum absolute atomic E-state index is 0.00258. The van der Waals surface area contributed by atoms with Crippen molar-refractivity contribution < 1.29 is 39.0 Å². The molecule has 0 saturated carbocycles. The SMILES string of the molecule is CC(C)C[N+]1(CC(=O)O)C(=O)[C@H](CCCCCCN)C[C@H]1CC(C(=O)O)C(=O)O. The number of nitrogens with two attached hydrogens (primary N) is 1. The van der Waals surface area contributed by atoms with E-state index in [9.17, 15) is 34.5 Å². The van der Waals surface area contributed by atoms with Gasteiger partial charge in [-0.05, 0) is 19.4 Å². The van der Waals surface area contributed by atoms with Crippen LogP contribution in [0.1, 0.15) is 58.8 Å². The minimum Gasteiger partial charge on any atom is -0.481 e. The fourth-order valence-electron chi connectivity index (χ4n) is 4.59. The number of aliphatic carboxylic acids is 3. The molecule has 9 nitrogen and oxygen atoms in total. The zero-order valence-corrected chi connectivity index (χ0v) is 17.4. The van der Waals surface area contributed by atoms with Crippen LogP contribution >= 0.6 is 0 Å². The van der Waals surface area contributed by atoms with Gasteiger partial charge in [0.15, 0.2) is 12.5 Å². The second-order valence-corrected chi connectivity index (χ2v) is 8.54. The Hall–Kier alpha value is -2.00. The van der Waals surface area contributed by atoms with Gasteiger partial charge in [0.2, 0.25) is 0 Å². The van der Waals surface area contributed by atoms with Crippen LogP contribution in [0.25, 0.3) is 0 Å². The first-order valence-corrected chi connectivity index (χ1v) is 10.3. The first-order chi connectivity index (χ1) is 13.5. The molecule has 3 atom stereocenters. The number of hydrogen-bond acceptors (Lipinski definition) is 5. The number of rotatable bonds is 14. The van der Waals surface area contributed by atoms with Crippen molar-refractivity contribution in [1.82, 2.24) is 0 Å². The van der Waals surface area contributed by atoms with E-state index in [1.807, 2.05) is 13.8 Å². The third-order valence-electron chi connectivity index (χ3n) is 5.76. The van der Waals surface area contributed by atoms with Crippen LogP contribution in [0, 0.1) is 17.8 Å². The lowest BCUT2D eigenvalue weighted by Crippen LogP contribution is -2.60. The van der Waals surface area contributed by atoms with Gasteiger partial charge >= 0.3 is 23.8 Å². The average molecular weight is 416 g/mol. The monoisotopic (exact) mass is 415 g/mol. The molecule has 9 heteroatoms.